The Morgan fingerprint density at radius 2 is 2.14 bits per heavy atom. The van der Waals surface area contributed by atoms with Gasteiger partial charge in [0, 0.05) is 45.9 Å². The molecule has 0 aromatic heterocycles. The SMILES string of the molecule is COC1CCN(C(=O)NCCc2ccc(N3CCOCC3)c(F)c2)C(CN)C1. The molecule has 8 heteroatoms. The summed E-state index contributed by atoms with van der Waals surface area (Å²) in [6, 6.07) is 5.17. The summed E-state index contributed by atoms with van der Waals surface area (Å²) in [4.78, 5) is 16.3. The Kier molecular flexibility index (Phi) is 7.47. The Labute approximate surface area is 165 Å². The van der Waals surface area contributed by atoms with Crippen LogP contribution in [0.4, 0.5) is 14.9 Å². The zero-order valence-corrected chi connectivity index (χ0v) is 16.5. The number of nitrogens with one attached hydrogen (secondary N) is 1. The second-order valence-corrected chi connectivity index (χ2v) is 7.33. The zero-order valence-electron chi connectivity index (χ0n) is 16.5. The maximum atomic E-state index is 14.5. The predicted molar refractivity (Wildman–Crippen MR) is 106 cm³/mol. The number of rotatable bonds is 6. The van der Waals surface area contributed by atoms with Gasteiger partial charge in [-0.1, -0.05) is 6.07 Å². The average molecular weight is 394 g/mol. The van der Waals surface area contributed by atoms with Crippen LogP contribution in [-0.4, -0.2) is 76.1 Å². The fraction of sp³-hybridized carbons (Fsp3) is 0.650. The van der Waals surface area contributed by atoms with Gasteiger partial charge in [-0.25, -0.2) is 9.18 Å². The molecule has 3 rings (SSSR count). The Balaban J connectivity index is 1.49. The van der Waals surface area contributed by atoms with Crippen molar-refractivity contribution >= 4 is 11.7 Å². The molecule has 7 nitrogen and oxygen atoms in total. The molecule has 0 saturated carbocycles. The van der Waals surface area contributed by atoms with Crippen molar-refractivity contribution in [2.75, 3.05) is 57.9 Å². The number of hydrogen-bond acceptors (Lipinski definition) is 5. The van der Waals surface area contributed by atoms with Crippen LogP contribution in [0.25, 0.3) is 0 Å². The monoisotopic (exact) mass is 394 g/mol. The van der Waals surface area contributed by atoms with Crippen LogP contribution in [0.3, 0.4) is 0 Å². The van der Waals surface area contributed by atoms with Crippen LogP contribution in [0, 0.1) is 5.82 Å². The summed E-state index contributed by atoms with van der Waals surface area (Å²) in [5.41, 5.74) is 7.31. The lowest BCUT2D eigenvalue weighted by Gasteiger charge is -2.38. The molecule has 0 bridgehead atoms. The third-order valence-corrected chi connectivity index (χ3v) is 5.59. The minimum absolute atomic E-state index is 0.0102. The first-order valence-electron chi connectivity index (χ1n) is 10.0. The summed E-state index contributed by atoms with van der Waals surface area (Å²) in [5, 5.41) is 2.94. The van der Waals surface area contributed by atoms with Crippen LogP contribution in [-0.2, 0) is 15.9 Å². The van der Waals surface area contributed by atoms with Crippen molar-refractivity contribution in [2.24, 2.45) is 5.73 Å². The molecule has 2 fully saturated rings. The Hall–Kier alpha value is -1.90. The summed E-state index contributed by atoms with van der Waals surface area (Å²) < 4.78 is 25.2. The average Bonchev–Trinajstić information content (AvgIpc) is 2.73. The fourth-order valence-electron chi connectivity index (χ4n) is 3.90. The van der Waals surface area contributed by atoms with Gasteiger partial charge in [0.1, 0.15) is 5.82 Å². The van der Waals surface area contributed by atoms with Crippen LogP contribution in [0.5, 0.6) is 0 Å². The number of amides is 2. The van der Waals surface area contributed by atoms with E-state index in [1.54, 1.807) is 18.1 Å². The van der Waals surface area contributed by atoms with E-state index in [9.17, 15) is 9.18 Å². The van der Waals surface area contributed by atoms with Gasteiger partial charge in [0.2, 0.25) is 0 Å². The van der Waals surface area contributed by atoms with Crippen LogP contribution in [0.15, 0.2) is 18.2 Å². The van der Waals surface area contributed by atoms with Gasteiger partial charge in [0.25, 0.3) is 0 Å². The number of piperidine rings is 1. The maximum absolute atomic E-state index is 14.5. The van der Waals surface area contributed by atoms with Gasteiger partial charge in [0.15, 0.2) is 0 Å². The van der Waals surface area contributed by atoms with Gasteiger partial charge in [-0.2, -0.15) is 0 Å². The molecule has 2 aliphatic heterocycles. The lowest BCUT2D eigenvalue weighted by molar-refractivity contribution is 0.0270. The van der Waals surface area contributed by atoms with Crippen molar-refractivity contribution in [3.63, 3.8) is 0 Å². The van der Waals surface area contributed by atoms with E-state index in [1.807, 2.05) is 17.0 Å². The van der Waals surface area contributed by atoms with E-state index >= 15 is 0 Å². The predicted octanol–water partition coefficient (Wildman–Crippen LogP) is 1.35. The number of morpholine rings is 1. The Morgan fingerprint density at radius 1 is 1.36 bits per heavy atom. The first-order chi connectivity index (χ1) is 13.6. The third-order valence-electron chi connectivity index (χ3n) is 5.59. The third kappa shape index (κ3) is 5.12. The molecule has 156 valence electrons. The van der Waals surface area contributed by atoms with Crippen LogP contribution in [0.2, 0.25) is 0 Å². The number of nitrogens with zero attached hydrogens (tertiary/aromatic N) is 2. The maximum Gasteiger partial charge on any atom is 0.317 e. The Bertz CT molecular complexity index is 654. The number of halogens is 1. The molecule has 0 radical (unpaired) electrons. The molecule has 2 unspecified atom stereocenters. The van der Waals surface area contributed by atoms with E-state index in [2.05, 4.69) is 5.32 Å². The van der Waals surface area contributed by atoms with E-state index in [-0.39, 0.29) is 24.0 Å². The molecular weight excluding hydrogens is 363 g/mol. The van der Waals surface area contributed by atoms with Gasteiger partial charge < -0.3 is 30.3 Å². The number of carbonyl (C=O) groups is 1. The molecular formula is C20H31FN4O3. The normalized spacial score (nSPS) is 23.0. The van der Waals surface area contributed by atoms with Crippen LogP contribution < -0.4 is 16.0 Å². The zero-order chi connectivity index (χ0) is 19.9. The van der Waals surface area contributed by atoms with Crippen LogP contribution >= 0.6 is 0 Å². The molecule has 3 N–H and O–H groups in total. The van der Waals surface area contributed by atoms with E-state index < -0.39 is 0 Å². The van der Waals surface area contributed by atoms with Gasteiger partial charge in [-0.3, -0.25) is 0 Å². The van der Waals surface area contributed by atoms with Gasteiger partial charge >= 0.3 is 6.03 Å². The van der Waals surface area contributed by atoms with Crippen molar-refractivity contribution in [1.29, 1.82) is 0 Å². The van der Waals surface area contributed by atoms with Crippen molar-refractivity contribution in [1.82, 2.24) is 10.2 Å². The molecule has 2 atom stereocenters. The fourth-order valence-corrected chi connectivity index (χ4v) is 3.90. The summed E-state index contributed by atoms with van der Waals surface area (Å²) in [6.07, 6.45) is 2.31. The topological polar surface area (TPSA) is 80.1 Å². The van der Waals surface area contributed by atoms with E-state index in [0.717, 1.165) is 18.4 Å². The number of nitrogens with two attached hydrogens (primary N) is 1. The summed E-state index contributed by atoms with van der Waals surface area (Å²) in [5.74, 6) is -0.226. The number of carbonyl (C=O) groups excluding carboxylic acids is 1. The largest absolute Gasteiger partial charge is 0.381 e. The standard InChI is InChI=1S/C20H31FN4O3/c1-27-17-5-7-25(16(13-17)14-22)20(26)23-6-4-15-2-3-19(18(21)12-15)24-8-10-28-11-9-24/h2-3,12,16-17H,4-11,13-14,22H2,1H3,(H,23,26). The highest BCUT2D eigenvalue weighted by molar-refractivity contribution is 5.74. The molecule has 2 saturated heterocycles. The summed E-state index contributed by atoms with van der Waals surface area (Å²) >= 11 is 0. The van der Waals surface area contributed by atoms with Gasteiger partial charge in [0.05, 0.1) is 25.0 Å². The molecule has 0 aliphatic carbocycles. The lowest BCUT2D eigenvalue weighted by atomic mass is 10.00. The van der Waals surface area contributed by atoms with Crippen molar-refractivity contribution in [3.8, 4) is 0 Å². The number of benzene rings is 1. The second-order valence-electron chi connectivity index (χ2n) is 7.33. The summed E-state index contributed by atoms with van der Waals surface area (Å²) in [7, 11) is 1.69. The Morgan fingerprint density at radius 3 is 2.82 bits per heavy atom. The highest BCUT2D eigenvalue weighted by Gasteiger charge is 2.30. The number of anilines is 1. The first-order valence-corrected chi connectivity index (χ1v) is 10.0. The number of methoxy groups -OCH3 is 1. The van der Waals surface area contributed by atoms with E-state index in [0.29, 0.717) is 58.0 Å². The smallest absolute Gasteiger partial charge is 0.317 e. The van der Waals surface area contributed by atoms with Crippen LogP contribution in [0.1, 0.15) is 18.4 Å². The molecule has 2 aliphatic rings. The molecule has 1 aromatic carbocycles. The number of ether oxygens (including phenoxy) is 2. The number of likely N-dealkylation sites (tertiary alicyclic amines) is 1. The first kappa shape index (κ1) is 20.8. The molecule has 2 amide bonds. The van der Waals surface area contributed by atoms with Gasteiger partial charge in [-0.15, -0.1) is 0 Å². The summed E-state index contributed by atoms with van der Waals surface area (Å²) in [6.45, 7) is 4.16. The highest BCUT2D eigenvalue weighted by Crippen LogP contribution is 2.22. The molecule has 0 spiro atoms. The molecule has 28 heavy (non-hydrogen) atoms. The van der Waals surface area contributed by atoms with Crippen molar-refractivity contribution in [3.05, 3.63) is 29.6 Å². The minimum atomic E-state index is -0.226. The number of hydrogen-bond donors (Lipinski definition) is 2. The van der Waals surface area contributed by atoms with Crippen molar-refractivity contribution in [2.45, 2.75) is 31.4 Å². The van der Waals surface area contributed by atoms with Crippen molar-refractivity contribution < 1.29 is 18.7 Å². The lowest BCUT2D eigenvalue weighted by Crippen LogP contribution is -2.54. The second kappa shape index (κ2) is 10.0. The number of urea groups is 1. The van der Waals surface area contributed by atoms with Gasteiger partial charge in [-0.05, 0) is 37.0 Å². The van der Waals surface area contributed by atoms with E-state index in [1.165, 1.54) is 0 Å². The minimum Gasteiger partial charge on any atom is -0.381 e. The molecule has 2 heterocycles. The quantitative estimate of drug-likeness (QED) is 0.762. The highest BCUT2D eigenvalue weighted by atomic mass is 19.1. The van der Waals surface area contributed by atoms with E-state index in [4.69, 9.17) is 15.2 Å². The molecule has 1 aromatic rings.